The Morgan fingerprint density at radius 2 is 1.87 bits per heavy atom. The molecule has 7 nitrogen and oxygen atoms in total. The van der Waals surface area contributed by atoms with Crippen LogP contribution in [0.5, 0.6) is 5.75 Å². The number of carbonyl (C=O) groups is 1. The Bertz CT molecular complexity index is 1080. The van der Waals surface area contributed by atoms with Crippen molar-refractivity contribution >= 4 is 44.3 Å². The smallest absolute Gasteiger partial charge is 0.273 e. The lowest BCUT2D eigenvalue weighted by atomic mass is 10.3. The molecule has 0 bridgehead atoms. The maximum absolute atomic E-state index is 12.6. The number of sulfonamides is 1. The molecule has 0 saturated carbocycles. The van der Waals surface area contributed by atoms with Gasteiger partial charge in [-0.3, -0.25) is 9.10 Å². The van der Waals surface area contributed by atoms with Crippen LogP contribution < -0.4 is 9.04 Å². The summed E-state index contributed by atoms with van der Waals surface area (Å²) in [6.07, 6.45) is 0.880. The van der Waals surface area contributed by atoms with E-state index in [0.717, 1.165) is 17.1 Å². The Morgan fingerprint density at radius 1 is 1.13 bits per heavy atom. The zero-order valence-electron chi connectivity index (χ0n) is 16.9. The number of thiazole rings is 1. The first-order valence-corrected chi connectivity index (χ1v) is 12.4. The van der Waals surface area contributed by atoms with Crippen LogP contribution in [-0.2, 0) is 27.8 Å². The van der Waals surface area contributed by atoms with Gasteiger partial charge in [-0.25, -0.2) is 13.4 Å². The largest absolute Gasteiger partial charge is 0.484 e. The zero-order valence-corrected chi connectivity index (χ0v) is 19.4. The van der Waals surface area contributed by atoms with Crippen LogP contribution in [0, 0.1) is 0 Å². The van der Waals surface area contributed by atoms with E-state index in [1.54, 1.807) is 65.1 Å². The molecule has 0 fully saturated rings. The highest BCUT2D eigenvalue weighted by molar-refractivity contribution is 7.94. The molecule has 3 rings (SSSR count). The number of nitrogens with zero attached hydrogens (tertiary/aromatic N) is 3. The third kappa shape index (κ3) is 5.18. The summed E-state index contributed by atoms with van der Waals surface area (Å²) in [5, 5.41) is 4.74. The number of aryl methyl sites for hydroxylation is 1. The Balaban J connectivity index is 1.55. The van der Waals surface area contributed by atoms with Gasteiger partial charge in [0.25, 0.3) is 15.9 Å². The molecule has 0 saturated heterocycles. The second-order valence-electron chi connectivity index (χ2n) is 6.52. The van der Waals surface area contributed by atoms with Crippen molar-refractivity contribution in [1.82, 2.24) is 9.88 Å². The first-order valence-electron chi connectivity index (χ1n) is 9.23. The van der Waals surface area contributed by atoms with Gasteiger partial charge in [0.2, 0.25) is 0 Å². The molecule has 0 N–H and O–H groups in total. The molecule has 0 unspecified atom stereocenters. The van der Waals surface area contributed by atoms with Crippen LogP contribution in [-0.4, -0.2) is 44.9 Å². The van der Waals surface area contributed by atoms with Crippen molar-refractivity contribution < 1.29 is 17.9 Å². The molecule has 0 aliphatic carbocycles. The predicted molar refractivity (Wildman–Crippen MR) is 120 cm³/mol. The molecule has 2 aromatic heterocycles. The van der Waals surface area contributed by atoms with Gasteiger partial charge in [0, 0.05) is 19.5 Å². The molecule has 0 aliphatic rings. The lowest BCUT2D eigenvalue weighted by molar-refractivity contribution is -0.132. The van der Waals surface area contributed by atoms with Crippen LogP contribution in [0.25, 0.3) is 0 Å². The molecule has 160 valence electrons. The maximum atomic E-state index is 12.6. The second kappa shape index (κ2) is 9.59. The molecular weight excluding hydrogens is 442 g/mol. The first-order chi connectivity index (χ1) is 14.3. The Morgan fingerprint density at radius 3 is 2.47 bits per heavy atom. The van der Waals surface area contributed by atoms with Gasteiger partial charge < -0.3 is 9.64 Å². The number of carbonyl (C=O) groups excluding carboxylic acids is 1. The topological polar surface area (TPSA) is 79.8 Å². The number of likely N-dealkylation sites (N-methyl/N-ethyl adjacent to an activating group) is 1. The van der Waals surface area contributed by atoms with Gasteiger partial charge in [-0.15, -0.1) is 22.7 Å². The molecule has 0 atom stereocenters. The summed E-state index contributed by atoms with van der Waals surface area (Å²) in [4.78, 5) is 18.4. The second-order valence-corrected chi connectivity index (χ2v) is 10.6. The van der Waals surface area contributed by atoms with Gasteiger partial charge in [-0.1, -0.05) is 13.0 Å². The van der Waals surface area contributed by atoms with Crippen molar-refractivity contribution in [1.29, 1.82) is 0 Å². The normalized spacial score (nSPS) is 11.3. The van der Waals surface area contributed by atoms with Gasteiger partial charge in [0.15, 0.2) is 6.61 Å². The lowest BCUT2D eigenvalue weighted by Gasteiger charge is -2.19. The van der Waals surface area contributed by atoms with E-state index >= 15 is 0 Å². The van der Waals surface area contributed by atoms with Crippen molar-refractivity contribution in [2.75, 3.05) is 25.0 Å². The quantitative estimate of drug-likeness (QED) is 0.482. The van der Waals surface area contributed by atoms with Crippen molar-refractivity contribution in [3.05, 3.63) is 57.9 Å². The highest BCUT2D eigenvalue weighted by Gasteiger charge is 2.22. The summed E-state index contributed by atoms with van der Waals surface area (Å²) in [6, 6.07) is 9.87. The SMILES string of the molecule is CCc1nc(CN(C)C(=O)COc2ccc(N(C)S(=O)(=O)c3cccs3)cc2)cs1. The van der Waals surface area contributed by atoms with Gasteiger partial charge in [0.05, 0.1) is 22.9 Å². The molecule has 1 amide bonds. The summed E-state index contributed by atoms with van der Waals surface area (Å²) >= 11 is 2.76. The van der Waals surface area contributed by atoms with E-state index in [4.69, 9.17) is 4.74 Å². The van der Waals surface area contributed by atoms with E-state index in [9.17, 15) is 13.2 Å². The minimum absolute atomic E-state index is 0.107. The fourth-order valence-electron chi connectivity index (χ4n) is 2.61. The number of ether oxygens (including phenoxy) is 1. The molecule has 0 radical (unpaired) electrons. The van der Waals surface area contributed by atoms with Crippen molar-refractivity contribution in [2.45, 2.75) is 24.1 Å². The summed E-state index contributed by atoms with van der Waals surface area (Å²) in [6.45, 7) is 2.37. The fourth-order valence-corrected chi connectivity index (χ4v) is 5.70. The van der Waals surface area contributed by atoms with Gasteiger partial charge >= 0.3 is 0 Å². The molecular formula is C20H23N3O4S3. The van der Waals surface area contributed by atoms with E-state index in [1.165, 1.54) is 22.7 Å². The van der Waals surface area contributed by atoms with E-state index in [1.807, 2.05) is 12.3 Å². The molecule has 10 heteroatoms. The monoisotopic (exact) mass is 465 g/mol. The van der Waals surface area contributed by atoms with Crippen LogP contribution in [0.2, 0.25) is 0 Å². The van der Waals surface area contributed by atoms with Crippen molar-refractivity contribution in [2.24, 2.45) is 0 Å². The summed E-state index contributed by atoms with van der Waals surface area (Å²) < 4.78 is 32.3. The fraction of sp³-hybridized carbons (Fsp3) is 0.300. The minimum Gasteiger partial charge on any atom is -0.484 e. The summed E-state index contributed by atoms with van der Waals surface area (Å²) in [5.74, 6) is 0.326. The van der Waals surface area contributed by atoms with Gasteiger partial charge in [0.1, 0.15) is 9.96 Å². The molecule has 1 aromatic carbocycles. The summed E-state index contributed by atoms with van der Waals surface area (Å²) in [7, 11) is -0.365. The van der Waals surface area contributed by atoms with E-state index in [-0.39, 0.29) is 16.7 Å². The number of aromatic nitrogens is 1. The Kier molecular flexibility index (Phi) is 7.11. The first kappa shape index (κ1) is 22.3. The molecule has 30 heavy (non-hydrogen) atoms. The highest BCUT2D eigenvalue weighted by atomic mass is 32.2. The molecule has 3 aromatic rings. The summed E-state index contributed by atoms with van der Waals surface area (Å²) in [5.41, 5.74) is 1.38. The van der Waals surface area contributed by atoms with Crippen LogP contribution in [0.3, 0.4) is 0 Å². The third-order valence-corrected chi connectivity index (χ3v) is 8.60. The van der Waals surface area contributed by atoms with E-state index in [2.05, 4.69) is 4.98 Å². The zero-order chi connectivity index (χ0) is 21.7. The highest BCUT2D eigenvalue weighted by Crippen LogP contribution is 2.26. The van der Waals surface area contributed by atoms with Crippen LogP contribution >= 0.6 is 22.7 Å². The number of benzene rings is 1. The Labute approximate surface area is 184 Å². The average Bonchev–Trinajstić information content (AvgIpc) is 3.44. The standard InChI is InChI=1S/C20H23N3O4S3/c1-4-18-21-15(14-29-18)12-22(2)19(24)13-27-17-9-7-16(8-10-17)23(3)30(25,26)20-6-5-11-28-20/h5-11,14H,4,12-13H2,1-3H3. The molecule has 2 heterocycles. The average molecular weight is 466 g/mol. The molecule has 0 aliphatic heterocycles. The van der Waals surface area contributed by atoms with Gasteiger partial charge in [-0.05, 0) is 42.1 Å². The lowest BCUT2D eigenvalue weighted by Crippen LogP contribution is -2.31. The number of amides is 1. The number of hydrogen-bond donors (Lipinski definition) is 0. The number of thiophene rings is 1. The van der Waals surface area contributed by atoms with Crippen LogP contribution in [0.15, 0.2) is 51.4 Å². The minimum atomic E-state index is -3.58. The Hall–Kier alpha value is -2.43. The van der Waals surface area contributed by atoms with Crippen LogP contribution in [0.4, 0.5) is 5.69 Å². The van der Waals surface area contributed by atoms with E-state index in [0.29, 0.717) is 18.0 Å². The molecule has 0 spiro atoms. The third-order valence-electron chi connectivity index (χ3n) is 4.40. The van der Waals surface area contributed by atoms with Gasteiger partial charge in [-0.2, -0.15) is 0 Å². The van der Waals surface area contributed by atoms with Crippen molar-refractivity contribution in [3.63, 3.8) is 0 Å². The van der Waals surface area contributed by atoms with Crippen molar-refractivity contribution in [3.8, 4) is 5.75 Å². The number of hydrogen-bond acceptors (Lipinski definition) is 7. The predicted octanol–water partition coefficient (Wildman–Crippen LogP) is 3.63. The van der Waals surface area contributed by atoms with E-state index < -0.39 is 10.0 Å². The van der Waals surface area contributed by atoms with Crippen LogP contribution in [0.1, 0.15) is 17.6 Å². The maximum Gasteiger partial charge on any atom is 0.273 e. The number of rotatable bonds is 9. The number of anilines is 1.